The molecule has 0 aromatic heterocycles. The third-order valence-corrected chi connectivity index (χ3v) is 12.4. The Hall–Kier alpha value is -3.48. The van der Waals surface area contributed by atoms with E-state index in [1.165, 1.54) is 13.8 Å². The number of benzene rings is 2. The van der Waals surface area contributed by atoms with Crippen LogP contribution in [0.2, 0.25) is 0 Å². The number of aliphatic hydroxyl groups excluding tert-OH is 1. The Bertz CT molecular complexity index is 1550. The molecule has 6 atom stereocenters. The minimum Gasteiger partial charge on any atom is -0.390 e. The highest BCUT2D eigenvalue weighted by Crippen LogP contribution is 2.39. The SMILES string of the molecule is CC(C)(C)NC(=O)C1C[C@@H]2CCCC[C@@H]2CN1CC(O)C(Cc1ccccc1)NC(=O)[C@@H](NC(=O)CNc1ccccc1)C(C)(C)S(C)(=O)=O. The van der Waals surface area contributed by atoms with E-state index >= 15 is 0 Å². The van der Waals surface area contributed by atoms with Crippen LogP contribution < -0.4 is 21.3 Å². The lowest BCUT2D eigenvalue weighted by molar-refractivity contribution is -0.133. The highest BCUT2D eigenvalue weighted by molar-refractivity contribution is 7.92. The first-order valence-corrected chi connectivity index (χ1v) is 19.7. The summed E-state index contributed by atoms with van der Waals surface area (Å²) in [5, 5.41) is 23.7. The molecule has 0 bridgehead atoms. The summed E-state index contributed by atoms with van der Waals surface area (Å²) in [5.74, 6) is -0.474. The maximum absolute atomic E-state index is 14.2. The number of nitrogens with one attached hydrogen (secondary N) is 4. The van der Waals surface area contributed by atoms with Crippen LogP contribution in [-0.2, 0) is 30.6 Å². The van der Waals surface area contributed by atoms with Gasteiger partial charge in [0.1, 0.15) is 6.04 Å². The van der Waals surface area contributed by atoms with Crippen LogP contribution >= 0.6 is 0 Å². The molecule has 2 fully saturated rings. The van der Waals surface area contributed by atoms with Crippen LogP contribution in [-0.4, -0.2) is 96.6 Å². The molecule has 0 radical (unpaired) electrons. The lowest BCUT2D eigenvalue weighted by Crippen LogP contribution is -2.64. The summed E-state index contributed by atoms with van der Waals surface area (Å²) in [7, 11) is -3.85. The predicted octanol–water partition coefficient (Wildman–Crippen LogP) is 3.29. The van der Waals surface area contributed by atoms with Gasteiger partial charge in [-0.3, -0.25) is 19.3 Å². The fourth-order valence-corrected chi connectivity index (χ4v) is 7.73. The van der Waals surface area contributed by atoms with Gasteiger partial charge in [0.05, 0.1) is 29.5 Å². The van der Waals surface area contributed by atoms with Gasteiger partial charge in [0.2, 0.25) is 17.7 Å². The molecule has 3 amide bonds. The smallest absolute Gasteiger partial charge is 0.244 e. The van der Waals surface area contributed by atoms with Gasteiger partial charge in [-0.05, 0) is 83.4 Å². The number of nitrogens with zero attached hydrogens (tertiary/aromatic N) is 1. The second-order valence-corrected chi connectivity index (χ2v) is 18.3. The molecule has 2 aromatic rings. The summed E-state index contributed by atoms with van der Waals surface area (Å²) in [6, 6.07) is 15.7. The topological polar surface area (TPSA) is 157 Å². The summed E-state index contributed by atoms with van der Waals surface area (Å²) in [5.41, 5.74) is 1.14. The zero-order valence-electron chi connectivity index (χ0n) is 30.4. The van der Waals surface area contributed by atoms with Crippen molar-refractivity contribution in [3.63, 3.8) is 0 Å². The zero-order valence-corrected chi connectivity index (χ0v) is 31.3. The molecular weight excluding hydrogens is 655 g/mol. The van der Waals surface area contributed by atoms with E-state index in [-0.39, 0.29) is 25.4 Å². The van der Waals surface area contributed by atoms with Crippen molar-refractivity contribution in [2.75, 3.05) is 31.2 Å². The lowest BCUT2D eigenvalue weighted by Gasteiger charge is -2.47. The van der Waals surface area contributed by atoms with E-state index in [0.717, 1.165) is 37.5 Å². The van der Waals surface area contributed by atoms with Crippen molar-refractivity contribution < 1.29 is 27.9 Å². The van der Waals surface area contributed by atoms with Crippen molar-refractivity contribution in [2.24, 2.45) is 11.8 Å². The quantitative estimate of drug-likeness (QED) is 0.200. The number of β-amino-alcohol motifs (C(OH)–C–C–N with tert-alkyl or cyclic N) is 1. The van der Waals surface area contributed by atoms with E-state index in [0.29, 0.717) is 30.5 Å². The lowest BCUT2D eigenvalue weighted by atomic mass is 9.72. The van der Waals surface area contributed by atoms with Gasteiger partial charge in [0.15, 0.2) is 9.84 Å². The van der Waals surface area contributed by atoms with Crippen LogP contribution in [0, 0.1) is 11.8 Å². The molecule has 276 valence electrons. The number of carbonyl (C=O) groups is 3. The van der Waals surface area contributed by atoms with Crippen molar-refractivity contribution in [3.05, 3.63) is 66.2 Å². The van der Waals surface area contributed by atoms with Gasteiger partial charge < -0.3 is 26.4 Å². The Balaban J connectivity index is 1.58. The highest BCUT2D eigenvalue weighted by Gasteiger charge is 2.46. The molecule has 12 heteroatoms. The monoisotopic (exact) mass is 711 g/mol. The molecule has 2 aliphatic rings. The number of piperidine rings is 1. The van der Waals surface area contributed by atoms with Gasteiger partial charge >= 0.3 is 0 Å². The van der Waals surface area contributed by atoms with Crippen molar-refractivity contribution in [2.45, 2.75) is 108 Å². The number of anilines is 1. The van der Waals surface area contributed by atoms with Crippen molar-refractivity contribution >= 4 is 33.2 Å². The summed E-state index contributed by atoms with van der Waals surface area (Å²) in [4.78, 5) is 43.0. The van der Waals surface area contributed by atoms with Crippen molar-refractivity contribution in [1.82, 2.24) is 20.9 Å². The van der Waals surface area contributed by atoms with Crippen LogP contribution in [0.5, 0.6) is 0 Å². The van der Waals surface area contributed by atoms with E-state index in [1.54, 1.807) is 12.1 Å². The fourth-order valence-electron chi connectivity index (χ4n) is 7.13. The first-order valence-electron chi connectivity index (χ1n) is 17.8. The third kappa shape index (κ3) is 10.8. The molecule has 1 aliphatic heterocycles. The molecule has 1 saturated heterocycles. The van der Waals surface area contributed by atoms with Gasteiger partial charge in [-0.25, -0.2) is 8.42 Å². The Labute approximate surface area is 298 Å². The molecule has 2 aromatic carbocycles. The van der Waals surface area contributed by atoms with Gasteiger partial charge in [-0.15, -0.1) is 0 Å². The van der Waals surface area contributed by atoms with Gasteiger partial charge in [-0.2, -0.15) is 0 Å². The van der Waals surface area contributed by atoms with Crippen LogP contribution in [0.25, 0.3) is 0 Å². The van der Waals surface area contributed by atoms with E-state index < -0.39 is 56.2 Å². The van der Waals surface area contributed by atoms with Gasteiger partial charge in [0.25, 0.3) is 0 Å². The third-order valence-electron chi connectivity index (χ3n) is 10.3. The molecule has 1 aliphatic carbocycles. The second-order valence-electron chi connectivity index (χ2n) is 15.7. The van der Waals surface area contributed by atoms with E-state index in [1.807, 2.05) is 69.3 Å². The predicted molar refractivity (Wildman–Crippen MR) is 197 cm³/mol. The zero-order chi connectivity index (χ0) is 36.7. The molecule has 5 N–H and O–H groups in total. The number of rotatable bonds is 14. The normalized spacial score (nSPS) is 21.9. The molecule has 4 rings (SSSR count). The van der Waals surface area contributed by atoms with E-state index in [9.17, 15) is 27.9 Å². The molecule has 1 heterocycles. The standard InChI is InChI=1S/C38H57N5O6S/c1-37(2,3)42-35(46)31-22-27-17-13-14-18-28(27)24-43(31)25-32(44)30(21-26-15-9-7-10-16-26)40-36(47)34(38(4,5)50(6,48)49)41-33(45)23-39-29-19-11-8-12-20-29/h7-12,15-16,19-20,27-28,30-32,34,39,44H,13-14,17-18,21-25H2,1-6H3,(H,40,47)(H,41,45)(H,42,46)/t27-,28+,30?,31?,32?,34+/m0/s1. The van der Waals surface area contributed by atoms with Gasteiger partial charge in [0, 0.05) is 30.6 Å². The summed E-state index contributed by atoms with van der Waals surface area (Å²) < 4.78 is 24.3. The first-order chi connectivity index (χ1) is 23.4. The number of carbonyl (C=O) groups excluding carboxylic acids is 3. The molecule has 3 unspecified atom stereocenters. The molecule has 1 saturated carbocycles. The number of para-hydroxylation sites is 1. The average Bonchev–Trinajstić information content (AvgIpc) is 3.05. The van der Waals surface area contributed by atoms with Crippen molar-refractivity contribution in [1.29, 1.82) is 0 Å². The molecule has 0 spiro atoms. The second kappa shape index (κ2) is 16.7. The number of fused-ring (bicyclic) bond motifs is 1. The Morgan fingerprint density at radius 1 is 0.900 bits per heavy atom. The molecule has 50 heavy (non-hydrogen) atoms. The summed E-state index contributed by atoms with van der Waals surface area (Å²) in [6.45, 7) is 9.30. The number of hydrogen-bond donors (Lipinski definition) is 5. The Kier molecular flexibility index (Phi) is 13.1. The van der Waals surface area contributed by atoms with E-state index in [2.05, 4.69) is 26.2 Å². The van der Waals surface area contributed by atoms with Crippen LogP contribution in [0.15, 0.2) is 60.7 Å². The number of likely N-dealkylation sites (tertiary alicyclic amines) is 1. The molecule has 11 nitrogen and oxygen atoms in total. The van der Waals surface area contributed by atoms with E-state index in [4.69, 9.17) is 0 Å². The van der Waals surface area contributed by atoms with Crippen LogP contribution in [0.1, 0.15) is 72.3 Å². The largest absolute Gasteiger partial charge is 0.390 e. The summed E-state index contributed by atoms with van der Waals surface area (Å²) in [6.07, 6.45) is 5.37. The number of aliphatic hydroxyl groups is 1. The average molecular weight is 712 g/mol. The number of amides is 3. The molecular formula is C38H57N5O6S. The Morgan fingerprint density at radius 2 is 1.50 bits per heavy atom. The number of hydrogen-bond acceptors (Lipinski definition) is 8. The number of sulfone groups is 1. The first kappa shape index (κ1) is 39.3. The summed E-state index contributed by atoms with van der Waals surface area (Å²) >= 11 is 0. The minimum atomic E-state index is -3.85. The Morgan fingerprint density at radius 3 is 2.10 bits per heavy atom. The van der Waals surface area contributed by atoms with Crippen LogP contribution in [0.4, 0.5) is 5.69 Å². The maximum Gasteiger partial charge on any atom is 0.244 e. The fraction of sp³-hybridized carbons (Fsp3) is 0.605. The maximum atomic E-state index is 14.2. The van der Waals surface area contributed by atoms with Crippen molar-refractivity contribution in [3.8, 4) is 0 Å². The van der Waals surface area contributed by atoms with Crippen LogP contribution in [0.3, 0.4) is 0 Å². The minimum absolute atomic E-state index is 0.0702. The highest BCUT2D eigenvalue weighted by atomic mass is 32.2. The van der Waals surface area contributed by atoms with Gasteiger partial charge in [-0.1, -0.05) is 67.8 Å².